The van der Waals surface area contributed by atoms with Gasteiger partial charge >= 0.3 is 0 Å². The summed E-state index contributed by atoms with van der Waals surface area (Å²) in [6.45, 7) is 6.89. The first-order chi connectivity index (χ1) is 5.86. The van der Waals surface area contributed by atoms with E-state index in [0.29, 0.717) is 13.2 Å². The molecule has 1 fully saturated rings. The molecule has 72 valence electrons. The van der Waals surface area contributed by atoms with Crippen LogP contribution < -0.4 is 9.80 Å². The van der Waals surface area contributed by atoms with Gasteiger partial charge in [-0.15, -0.1) is 0 Å². The Bertz CT molecular complexity index is 99.6. The van der Waals surface area contributed by atoms with Crippen LogP contribution in [0.4, 0.5) is 0 Å². The van der Waals surface area contributed by atoms with Crippen molar-refractivity contribution in [1.82, 2.24) is 0 Å². The van der Waals surface area contributed by atoms with Crippen LogP contribution in [0.5, 0.6) is 0 Å². The second-order valence-electron chi connectivity index (χ2n) is 3.45. The molecule has 1 saturated heterocycles. The second-order valence-corrected chi connectivity index (χ2v) is 3.45. The minimum absolute atomic E-state index is 0.296. The predicted octanol–water partition coefficient (Wildman–Crippen LogP) is -4.25. The van der Waals surface area contributed by atoms with Gasteiger partial charge in [0, 0.05) is 0 Å². The molecule has 0 unspecified atom stereocenters. The third-order valence-electron chi connectivity index (χ3n) is 2.59. The highest BCUT2D eigenvalue weighted by Gasteiger charge is 2.21. The van der Waals surface area contributed by atoms with Crippen molar-refractivity contribution in [2.24, 2.45) is 0 Å². The lowest BCUT2D eigenvalue weighted by Crippen LogP contribution is -3.28. The quantitative estimate of drug-likeness (QED) is 0.351. The van der Waals surface area contributed by atoms with Crippen LogP contribution in [-0.4, -0.2) is 62.7 Å². The largest absolute Gasteiger partial charge is 0.391 e. The van der Waals surface area contributed by atoms with E-state index in [0.717, 1.165) is 39.3 Å². The van der Waals surface area contributed by atoms with Crippen molar-refractivity contribution in [2.75, 3.05) is 52.5 Å². The molecular weight excluding hydrogens is 156 g/mol. The molecule has 0 radical (unpaired) electrons. The van der Waals surface area contributed by atoms with E-state index in [4.69, 9.17) is 10.2 Å². The van der Waals surface area contributed by atoms with Gasteiger partial charge in [0.15, 0.2) is 0 Å². The smallest absolute Gasteiger partial charge is 0.127 e. The van der Waals surface area contributed by atoms with Crippen molar-refractivity contribution in [1.29, 1.82) is 0 Å². The maximum absolute atomic E-state index is 8.72. The zero-order chi connectivity index (χ0) is 8.81. The summed E-state index contributed by atoms with van der Waals surface area (Å²) in [6, 6.07) is 0. The zero-order valence-electron chi connectivity index (χ0n) is 7.55. The van der Waals surface area contributed by atoms with Gasteiger partial charge in [-0.25, -0.2) is 0 Å². The van der Waals surface area contributed by atoms with Crippen LogP contribution in [-0.2, 0) is 0 Å². The first kappa shape index (κ1) is 9.92. The minimum atomic E-state index is 0.296. The van der Waals surface area contributed by atoms with Crippen molar-refractivity contribution < 1.29 is 20.0 Å². The average molecular weight is 176 g/mol. The number of quaternary nitrogens is 2. The van der Waals surface area contributed by atoms with Gasteiger partial charge in [-0.1, -0.05) is 0 Å². The van der Waals surface area contributed by atoms with Crippen LogP contribution in [0.3, 0.4) is 0 Å². The molecule has 4 N–H and O–H groups in total. The van der Waals surface area contributed by atoms with E-state index in [9.17, 15) is 0 Å². The lowest BCUT2D eigenvalue weighted by Gasteiger charge is -2.28. The summed E-state index contributed by atoms with van der Waals surface area (Å²) in [5.74, 6) is 0. The van der Waals surface area contributed by atoms with Crippen LogP contribution >= 0.6 is 0 Å². The van der Waals surface area contributed by atoms with Gasteiger partial charge < -0.3 is 20.0 Å². The molecular formula is C8H20N2O2+2. The lowest BCUT2D eigenvalue weighted by atomic mass is 10.3. The molecule has 1 aliphatic heterocycles. The summed E-state index contributed by atoms with van der Waals surface area (Å²) in [4.78, 5) is 3.00. The molecule has 0 spiro atoms. The molecule has 4 nitrogen and oxygen atoms in total. The molecule has 0 aromatic carbocycles. The Morgan fingerprint density at radius 2 is 1.08 bits per heavy atom. The SMILES string of the molecule is OCC[NH+]1CC[NH+](CCO)CC1. The molecule has 0 atom stereocenters. The Morgan fingerprint density at radius 3 is 1.33 bits per heavy atom. The van der Waals surface area contributed by atoms with Gasteiger partial charge in [-0.2, -0.15) is 0 Å². The van der Waals surface area contributed by atoms with E-state index in [-0.39, 0.29) is 0 Å². The van der Waals surface area contributed by atoms with E-state index in [2.05, 4.69) is 0 Å². The topological polar surface area (TPSA) is 49.3 Å². The van der Waals surface area contributed by atoms with Crippen molar-refractivity contribution in [2.45, 2.75) is 0 Å². The molecule has 1 heterocycles. The Labute approximate surface area is 73.4 Å². The fourth-order valence-corrected chi connectivity index (χ4v) is 1.77. The Hall–Kier alpha value is -0.160. The van der Waals surface area contributed by atoms with Gasteiger partial charge in [0.1, 0.15) is 39.3 Å². The van der Waals surface area contributed by atoms with Crippen LogP contribution in [0.1, 0.15) is 0 Å². The summed E-state index contributed by atoms with van der Waals surface area (Å²) in [7, 11) is 0. The van der Waals surface area contributed by atoms with E-state index < -0.39 is 0 Å². The third-order valence-corrected chi connectivity index (χ3v) is 2.59. The first-order valence-corrected chi connectivity index (χ1v) is 4.75. The van der Waals surface area contributed by atoms with Crippen LogP contribution in [0.25, 0.3) is 0 Å². The van der Waals surface area contributed by atoms with E-state index in [1.165, 1.54) is 9.80 Å². The highest BCUT2D eigenvalue weighted by atomic mass is 16.3. The molecule has 4 heteroatoms. The molecule has 12 heavy (non-hydrogen) atoms. The molecule has 0 aromatic rings. The predicted molar refractivity (Wildman–Crippen MR) is 45.3 cm³/mol. The maximum Gasteiger partial charge on any atom is 0.127 e. The standard InChI is InChI=1S/C8H18N2O2/c11-7-5-9-1-2-10(4-3-9)6-8-12/h11-12H,1-8H2/p+2. The first-order valence-electron chi connectivity index (χ1n) is 4.75. The van der Waals surface area contributed by atoms with Crippen molar-refractivity contribution in [3.8, 4) is 0 Å². The van der Waals surface area contributed by atoms with Gasteiger partial charge in [-0.3, -0.25) is 0 Å². The maximum atomic E-state index is 8.72. The van der Waals surface area contributed by atoms with Gasteiger partial charge in [0.25, 0.3) is 0 Å². The number of hydrogen-bond acceptors (Lipinski definition) is 2. The minimum Gasteiger partial charge on any atom is -0.391 e. The Kier molecular flexibility index (Phi) is 4.53. The van der Waals surface area contributed by atoms with Crippen LogP contribution in [0.2, 0.25) is 0 Å². The summed E-state index contributed by atoms with van der Waals surface area (Å²) < 4.78 is 0. The fraction of sp³-hybridized carbons (Fsp3) is 1.00. The van der Waals surface area contributed by atoms with Gasteiger partial charge in [-0.05, 0) is 0 Å². The molecule has 0 aromatic heterocycles. The molecule has 0 saturated carbocycles. The highest BCUT2D eigenvalue weighted by Crippen LogP contribution is 1.59. The summed E-state index contributed by atoms with van der Waals surface area (Å²) in [6.07, 6.45) is 0. The average Bonchev–Trinajstić information content (AvgIpc) is 2.09. The molecule has 1 rings (SSSR count). The highest BCUT2D eigenvalue weighted by molar-refractivity contribution is 4.38. The van der Waals surface area contributed by atoms with Crippen molar-refractivity contribution in [3.63, 3.8) is 0 Å². The van der Waals surface area contributed by atoms with Crippen LogP contribution in [0, 0.1) is 0 Å². The zero-order valence-corrected chi connectivity index (χ0v) is 7.55. The molecule has 1 aliphatic rings. The number of nitrogens with one attached hydrogen (secondary N) is 2. The molecule has 0 bridgehead atoms. The van der Waals surface area contributed by atoms with Gasteiger partial charge in [0.2, 0.25) is 0 Å². The van der Waals surface area contributed by atoms with Gasteiger partial charge in [0.05, 0.1) is 13.2 Å². The normalized spacial score (nSPS) is 30.5. The summed E-state index contributed by atoms with van der Waals surface area (Å²) in [5, 5.41) is 17.4. The number of aliphatic hydroxyl groups is 2. The fourth-order valence-electron chi connectivity index (χ4n) is 1.77. The number of hydrogen-bond donors (Lipinski definition) is 4. The number of piperazine rings is 1. The summed E-state index contributed by atoms with van der Waals surface area (Å²) >= 11 is 0. The van der Waals surface area contributed by atoms with E-state index >= 15 is 0 Å². The summed E-state index contributed by atoms with van der Waals surface area (Å²) in [5.41, 5.74) is 0. The number of rotatable bonds is 4. The second kappa shape index (κ2) is 5.48. The third kappa shape index (κ3) is 3.06. The molecule has 0 aliphatic carbocycles. The Morgan fingerprint density at radius 1 is 0.750 bits per heavy atom. The van der Waals surface area contributed by atoms with E-state index in [1.807, 2.05) is 0 Å². The monoisotopic (exact) mass is 176 g/mol. The Balaban J connectivity index is 2.11. The van der Waals surface area contributed by atoms with E-state index in [1.54, 1.807) is 0 Å². The molecule has 0 amide bonds. The number of aliphatic hydroxyl groups excluding tert-OH is 2. The van der Waals surface area contributed by atoms with Crippen molar-refractivity contribution in [3.05, 3.63) is 0 Å². The van der Waals surface area contributed by atoms with Crippen LogP contribution in [0.15, 0.2) is 0 Å². The lowest BCUT2D eigenvalue weighted by molar-refractivity contribution is -1.01. The van der Waals surface area contributed by atoms with Crippen molar-refractivity contribution >= 4 is 0 Å².